The molecule has 24 heavy (non-hydrogen) atoms. The van der Waals surface area contributed by atoms with Gasteiger partial charge in [0.1, 0.15) is 6.61 Å². The summed E-state index contributed by atoms with van der Waals surface area (Å²) < 4.78 is 15.7. The van der Waals surface area contributed by atoms with Crippen LogP contribution in [0.5, 0.6) is 0 Å². The average molecular weight is 331 g/mol. The number of carbonyl (C=O) groups is 1. The molecule has 2 aromatic rings. The smallest absolute Gasteiger partial charge is 0.248 e. The van der Waals surface area contributed by atoms with Gasteiger partial charge in [0.2, 0.25) is 11.8 Å². The molecule has 1 amide bonds. The molecule has 0 aliphatic carbocycles. The van der Waals surface area contributed by atoms with Gasteiger partial charge in [0.05, 0.1) is 19.1 Å². The Balaban J connectivity index is 1.38. The summed E-state index contributed by atoms with van der Waals surface area (Å²) in [5.41, 5.74) is 1.14. The minimum absolute atomic E-state index is 0.0113. The van der Waals surface area contributed by atoms with Gasteiger partial charge in [0.15, 0.2) is 5.82 Å². The fraction of sp³-hybridized carbons (Fsp3) is 0.471. The predicted octanol–water partition coefficient (Wildman–Crippen LogP) is 1.40. The second-order valence-corrected chi connectivity index (χ2v) is 5.77. The van der Waals surface area contributed by atoms with Crippen molar-refractivity contribution >= 4 is 5.91 Å². The number of methoxy groups -OCH3 is 1. The van der Waals surface area contributed by atoms with Crippen molar-refractivity contribution in [2.24, 2.45) is 0 Å². The van der Waals surface area contributed by atoms with Crippen molar-refractivity contribution < 1.29 is 18.8 Å². The summed E-state index contributed by atoms with van der Waals surface area (Å²) in [6.07, 6.45) is 0.607. The van der Waals surface area contributed by atoms with Gasteiger partial charge in [-0.05, 0) is 5.56 Å². The van der Waals surface area contributed by atoms with E-state index in [1.807, 2.05) is 30.3 Å². The van der Waals surface area contributed by atoms with Gasteiger partial charge < -0.3 is 18.9 Å². The van der Waals surface area contributed by atoms with Gasteiger partial charge in [-0.2, -0.15) is 4.98 Å². The number of hydrogen-bond donors (Lipinski definition) is 0. The van der Waals surface area contributed by atoms with E-state index < -0.39 is 0 Å². The zero-order chi connectivity index (χ0) is 16.8. The molecule has 7 nitrogen and oxygen atoms in total. The number of benzene rings is 1. The van der Waals surface area contributed by atoms with E-state index in [1.165, 1.54) is 7.11 Å². The second-order valence-electron chi connectivity index (χ2n) is 5.77. The van der Waals surface area contributed by atoms with E-state index in [9.17, 15) is 4.79 Å². The maximum Gasteiger partial charge on any atom is 0.248 e. The largest absolute Gasteiger partial charge is 0.376 e. The molecule has 3 rings (SSSR count). The number of ether oxygens (including phenoxy) is 2. The topological polar surface area (TPSA) is 77.7 Å². The number of hydrogen-bond acceptors (Lipinski definition) is 6. The van der Waals surface area contributed by atoms with Crippen LogP contribution in [0, 0.1) is 0 Å². The summed E-state index contributed by atoms with van der Waals surface area (Å²) in [6.45, 7) is 2.44. The fourth-order valence-electron chi connectivity index (χ4n) is 2.52. The first-order valence-electron chi connectivity index (χ1n) is 7.97. The zero-order valence-corrected chi connectivity index (χ0v) is 13.7. The second kappa shape index (κ2) is 8.03. The third-order valence-electron chi connectivity index (χ3n) is 3.92. The third-order valence-corrected chi connectivity index (χ3v) is 3.92. The first-order valence-corrected chi connectivity index (χ1v) is 7.97. The van der Waals surface area contributed by atoms with Crippen molar-refractivity contribution in [1.82, 2.24) is 15.0 Å². The highest BCUT2D eigenvalue weighted by molar-refractivity contribution is 5.78. The molecule has 2 heterocycles. The molecule has 1 fully saturated rings. The van der Waals surface area contributed by atoms with Gasteiger partial charge in [-0.1, -0.05) is 35.5 Å². The Labute approximate surface area is 140 Å². The average Bonchev–Trinajstić information content (AvgIpc) is 3.00. The number of likely N-dealkylation sites (tertiary alicyclic amines) is 1. The van der Waals surface area contributed by atoms with Crippen molar-refractivity contribution in [2.75, 3.05) is 33.4 Å². The predicted molar refractivity (Wildman–Crippen MR) is 85.3 cm³/mol. The normalized spacial score (nSPS) is 14.6. The third kappa shape index (κ3) is 4.18. The fourth-order valence-corrected chi connectivity index (χ4v) is 2.52. The molecule has 1 aliphatic heterocycles. The maximum absolute atomic E-state index is 11.6. The highest BCUT2D eigenvalue weighted by Gasteiger charge is 2.35. The standard InChI is InChI=1S/C17H21N3O4/c1-22-12-16(21)20-9-14(10-20)17-18-15(19-24-17)7-8-23-11-13-5-3-2-4-6-13/h2-6,14H,7-12H2,1H3. The Kier molecular flexibility index (Phi) is 5.55. The quantitative estimate of drug-likeness (QED) is 0.681. The Morgan fingerprint density at radius 2 is 2.12 bits per heavy atom. The monoisotopic (exact) mass is 331 g/mol. The number of aromatic nitrogens is 2. The lowest BCUT2D eigenvalue weighted by Gasteiger charge is -2.36. The van der Waals surface area contributed by atoms with Crippen LogP contribution in [-0.4, -0.2) is 54.4 Å². The molecule has 0 unspecified atom stereocenters. The number of carbonyl (C=O) groups excluding carboxylic acids is 1. The highest BCUT2D eigenvalue weighted by Crippen LogP contribution is 2.25. The Morgan fingerprint density at radius 1 is 1.33 bits per heavy atom. The van der Waals surface area contributed by atoms with Crippen LogP contribution in [0.4, 0.5) is 0 Å². The van der Waals surface area contributed by atoms with Crippen LogP contribution in [0.25, 0.3) is 0 Å². The van der Waals surface area contributed by atoms with Crippen molar-refractivity contribution in [2.45, 2.75) is 18.9 Å². The molecular weight excluding hydrogens is 310 g/mol. The van der Waals surface area contributed by atoms with E-state index in [0.717, 1.165) is 5.56 Å². The molecule has 1 saturated heterocycles. The molecule has 0 N–H and O–H groups in total. The van der Waals surface area contributed by atoms with Crippen LogP contribution < -0.4 is 0 Å². The Hall–Kier alpha value is -2.25. The number of nitrogens with zero attached hydrogens (tertiary/aromatic N) is 3. The lowest BCUT2D eigenvalue weighted by Crippen LogP contribution is -2.49. The summed E-state index contributed by atoms with van der Waals surface area (Å²) >= 11 is 0. The van der Waals surface area contributed by atoms with Crippen LogP contribution in [0.15, 0.2) is 34.9 Å². The zero-order valence-electron chi connectivity index (χ0n) is 13.7. The summed E-state index contributed by atoms with van der Waals surface area (Å²) in [6, 6.07) is 10.0. The van der Waals surface area contributed by atoms with E-state index in [4.69, 9.17) is 14.0 Å². The molecule has 0 radical (unpaired) electrons. The van der Waals surface area contributed by atoms with Crippen molar-refractivity contribution in [3.63, 3.8) is 0 Å². The molecule has 0 bridgehead atoms. The highest BCUT2D eigenvalue weighted by atomic mass is 16.5. The first kappa shape index (κ1) is 16.6. The van der Waals surface area contributed by atoms with Crippen molar-refractivity contribution in [3.8, 4) is 0 Å². The van der Waals surface area contributed by atoms with Gasteiger partial charge >= 0.3 is 0 Å². The van der Waals surface area contributed by atoms with Crippen LogP contribution in [0.2, 0.25) is 0 Å². The number of amides is 1. The molecule has 1 aromatic heterocycles. The lowest BCUT2D eigenvalue weighted by molar-refractivity contribution is -0.140. The SMILES string of the molecule is COCC(=O)N1CC(c2nc(CCOCc3ccccc3)no2)C1. The summed E-state index contributed by atoms with van der Waals surface area (Å²) in [5.74, 6) is 1.34. The molecule has 0 spiro atoms. The number of rotatable bonds is 8. The summed E-state index contributed by atoms with van der Waals surface area (Å²) in [7, 11) is 1.51. The summed E-state index contributed by atoms with van der Waals surface area (Å²) in [4.78, 5) is 17.7. The van der Waals surface area contributed by atoms with E-state index in [0.29, 0.717) is 44.4 Å². The molecule has 1 aromatic carbocycles. The molecule has 128 valence electrons. The van der Waals surface area contributed by atoms with Gasteiger partial charge in [0.25, 0.3) is 0 Å². The molecule has 0 atom stereocenters. The van der Waals surface area contributed by atoms with E-state index in [1.54, 1.807) is 4.90 Å². The lowest BCUT2D eigenvalue weighted by atomic mass is 10.0. The minimum atomic E-state index is -0.0113. The molecule has 0 saturated carbocycles. The van der Waals surface area contributed by atoms with E-state index in [2.05, 4.69) is 10.1 Å². The maximum atomic E-state index is 11.6. The van der Waals surface area contributed by atoms with E-state index >= 15 is 0 Å². The van der Waals surface area contributed by atoms with Gasteiger partial charge in [-0.25, -0.2) is 0 Å². The van der Waals surface area contributed by atoms with Crippen molar-refractivity contribution in [3.05, 3.63) is 47.6 Å². The Morgan fingerprint density at radius 3 is 2.88 bits per heavy atom. The Bertz CT molecular complexity index is 653. The van der Waals surface area contributed by atoms with Crippen LogP contribution in [0.1, 0.15) is 23.2 Å². The van der Waals surface area contributed by atoms with Crippen LogP contribution in [0.3, 0.4) is 0 Å². The van der Waals surface area contributed by atoms with Gasteiger partial charge in [0, 0.05) is 26.6 Å². The summed E-state index contributed by atoms with van der Waals surface area (Å²) in [5, 5.41) is 3.98. The van der Waals surface area contributed by atoms with Gasteiger partial charge in [-0.3, -0.25) is 4.79 Å². The molecular formula is C17H21N3O4. The van der Waals surface area contributed by atoms with Crippen LogP contribution in [-0.2, 0) is 27.3 Å². The van der Waals surface area contributed by atoms with E-state index in [-0.39, 0.29) is 18.4 Å². The molecule has 7 heteroatoms. The molecule has 1 aliphatic rings. The minimum Gasteiger partial charge on any atom is -0.376 e. The van der Waals surface area contributed by atoms with Gasteiger partial charge in [-0.15, -0.1) is 0 Å². The first-order chi connectivity index (χ1) is 11.8. The van der Waals surface area contributed by atoms with Crippen LogP contribution >= 0.6 is 0 Å². The van der Waals surface area contributed by atoms with Crippen molar-refractivity contribution in [1.29, 1.82) is 0 Å².